The maximum atomic E-state index is 13.0. The summed E-state index contributed by atoms with van der Waals surface area (Å²) in [6.07, 6.45) is 10.6. The highest BCUT2D eigenvalue weighted by atomic mass is 16.4. The number of ketones is 1. The van der Waals surface area contributed by atoms with E-state index in [2.05, 4.69) is 40.7 Å². The molecule has 10 atom stereocenters. The van der Waals surface area contributed by atoms with Crippen molar-refractivity contribution in [2.45, 2.75) is 99.3 Å². The number of carbonyl (C=O) groups is 2. The Bertz CT molecular complexity index is 938. The standard InChI is InChI=1S/C30H46O4/c1-18-9-14-30(25(33)34)16-15-28(5)20(24(30)19(18)2)7-8-22-26(3)12-11-23(32)27(4,17-31)21(26)10-13-29(22,28)6/h7,18-19,21-22,24,31H,8-17H2,1-6H3,(H,33,34)/t18-,19+,21-,22-,24+,26+,27+,28-,29-,30+/m1/s1. The number of carboxylic acids is 1. The zero-order chi connectivity index (χ0) is 24.9. The topological polar surface area (TPSA) is 74.6 Å². The summed E-state index contributed by atoms with van der Waals surface area (Å²) >= 11 is 0. The summed E-state index contributed by atoms with van der Waals surface area (Å²) in [5.41, 5.74) is 0.333. The lowest BCUT2D eigenvalue weighted by Crippen LogP contribution is -2.65. The predicted octanol–water partition coefficient (Wildman–Crippen LogP) is 6.27. The molecule has 0 unspecified atom stereocenters. The third-order valence-electron chi connectivity index (χ3n) is 13.3. The summed E-state index contributed by atoms with van der Waals surface area (Å²) in [6, 6.07) is 0. The zero-order valence-electron chi connectivity index (χ0n) is 22.2. The quantitative estimate of drug-likeness (QED) is 0.466. The molecule has 0 spiro atoms. The van der Waals surface area contributed by atoms with Crippen molar-refractivity contribution in [1.82, 2.24) is 0 Å². The number of hydrogen-bond acceptors (Lipinski definition) is 3. The molecular formula is C30H46O4. The van der Waals surface area contributed by atoms with E-state index in [9.17, 15) is 19.8 Å². The van der Waals surface area contributed by atoms with E-state index in [0.29, 0.717) is 24.2 Å². The van der Waals surface area contributed by atoms with Gasteiger partial charge in [-0.1, -0.05) is 53.2 Å². The van der Waals surface area contributed by atoms with E-state index < -0.39 is 16.8 Å². The van der Waals surface area contributed by atoms with Gasteiger partial charge in [-0.2, -0.15) is 0 Å². The SMILES string of the molecule is C[C@H]1[C@H](C)CC[C@]2(C(=O)O)CC[C@]3(C)C(=CC[C@@H]4[C@@]5(C)CCC(=O)[C@@](C)(CO)[C@@H]5CC[C@]43C)[C@H]12. The molecule has 0 bridgehead atoms. The van der Waals surface area contributed by atoms with Crippen molar-refractivity contribution in [2.24, 2.45) is 56.7 Å². The Balaban J connectivity index is 1.62. The van der Waals surface area contributed by atoms with Crippen molar-refractivity contribution in [2.75, 3.05) is 6.61 Å². The molecule has 0 saturated heterocycles. The average Bonchev–Trinajstić information content (AvgIpc) is 2.79. The molecule has 4 saturated carbocycles. The lowest BCUT2D eigenvalue weighted by atomic mass is 9.33. The van der Waals surface area contributed by atoms with Crippen LogP contribution in [0, 0.1) is 56.7 Å². The first-order valence-corrected chi connectivity index (χ1v) is 13.9. The van der Waals surface area contributed by atoms with Crippen molar-refractivity contribution in [3.63, 3.8) is 0 Å². The minimum Gasteiger partial charge on any atom is -0.481 e. The van der Waals surface area contributed by atoms with Crippen molar-refractivity contribution in [1.29, 1.82) is 0 Å². The van der Waals surface area contributed by atoms with Gasteiger partial charge in [-0.15, -0.1) is 0 Å². The lowest BCUT2D eigenvalue weighted by Gasteiger charge is -2.70. The van der Waals surface area contributed by atoms with E-state index in [1.54, 1.807) is 0 Å². The van der Waals surface area contributed by atoms with Gasteiger partial charge in [0, 0.05) is 6.42 Å². The number of carboxylic acid groups (broad SMARTS) is 1. The molecule has 5 aliphatic rings. The van der Waals surface area contributed by atoms with Crippen LogP contribution in [-0.4, -0.2) is 28.6 Å². The summed E-state index contributed by atoms with van der Waals surface area (Å²) in [6.45, 7) is 14.0. The van der Waals surface area contributed by atoms with Gasteiger partial charge in [-0.25, -0.2) is 0 Å². The first-order valence-electron chi connectivity index (χ1n) is 13.9. The number of aliphatic carboxylic acids is 1. The number of hydrogen-bond donors (Lipinski definition) is 2. The van der Waals surface area contributed by atoms with Gasteiger partial charge < -0.3 is 10.2 Å². The lowest BCUT2D eigenvalue weighted by molar-refractivity contribution is -0.195. The van der Waals surface area contributed by atoms with Crippen LogP contribution in [0.4, 0.5) is 0 Å². The second-order valence-electron chi connectivity index (χ2n) is 14.1. The van der Waals surface area contributed by atoms with E-state index in [1.807, 2.05) is 6.92 Å². The number of fused-ring (bicyclic) bond motifs is 7. The molecule has 0 aromatic rings. The second kappa shape index (κ2) is 7.43. The Morgan fingerprint density at radius 2 is 1.71 bits per heavy atom. The Hall–Kier alpha value is -1.16. The van der Waals surface area contributed by atoms with E-state index in [-0.39, 0.29) is 40.5 Å². The van der Waals surface area contributed by atoms with Crippen LogP contribution in [0.15, 0.2) is 11.6 Å². The molecule has 4 nitrogen and oxygen atoms in total. The monoisotopic (exact) mass is 470 g/mol. The van der Waals surface area contributed by atoms with Crippen molar-refractivity contribution in [3.8, 4) is 0 Å². The molecule has 0 aromatic heterocycles. The van der Waals surface area contributed by atoms with Crippen molar-refractivity contribution in [3.05, 3.63) is 11.6 Å². The maximum Gasteiger partial charge on any atom is 0.310 e. The van der Waals surface area contributed by atoms with Crippen LogP contribution in [0.5, 0.6) is 0 Å². The molecular weight excluding hydrogens is 424 g/mol. The molecule has 4 heteroatoms. The van der Waals surface area contributed by atoms with E-state index in [0.717, 1.165) is 51.4 Å². The summed E-state index contributed by atoms with van der Waals surface area (Å²) in [4.78, 5) is 25.8. The molecule has 2 N–H and O–H groups in total. The van der Waals surface area contributed by atoms with Crippen LogP contribution in [0.3, 0.4) is 0 Å². The molecule has 4 fully saturated rings. The largest absolute Gasteiger partial charge is 0.481 e. The van der Waals surface area contributed by atoms with Gasteiger partial charge in [0.2, 0.25) is 0 Å². The van der Waals surface area contributed by atoms with Gasteiger partial charge in [0.15, 0.2) is 0 Å². The number of allylic oxidation sites excluding steroid dienone is 2. The normalized spacial score (nSPS) is 54.7. The highest BCUT2D eigenvalue weighted by molar-refractivity contribution is 5.86. The molecule has 5 aliphatic carbocycles. The molecule has 0 radical (unpaired) electrons. The van der Waals surface area contributed by atoms with Gasteiger partial charge in [-0.05, 0) is 97.2 Å². The van der Waals surface area contributed by atoms with Crippen LogP contribution in [-0.2, 0) is 9.59 Å². The van der Waals surface area contributed by atoms with Gasteiger partial charge in [0.25, 0.3) is 0 Å². The second-order valence-corrected chi connectivity index (χ2v) is 14.1. The zero-order valence-corrected chi connectivity index (χ0v) is 22.2. The van der Waals surface area contributed by atoms with E-state index >= 15 is 0 Å². The van der Waals surface area contributed by atoms with Gasteiger partial charge in [0.1, 0.15) is 5.78 Å². The fraction of sp³-hybridized carbons (Fsp3) is 0.867. The number of aliphatic hydroxyl groups is 1. The van der Waals surface area contributed by atoms with Crippen LogP contribution in [0.2, 0.25) is 0 Å². The molecule has 5 rings (SSSR count). The van der Waals surface area contributed by atoms with E-state index in [1.165, 1.54) is 5.57 Å². The van der Waals surface area contributed by atoms with Gasteiger partial charge in [-0.3, -0.25) is 9.59 Å². The Labute approximate surface area is 206 Å². The summed E-state index contributed by atoms with van der Waals surface area (Å²) in [7, 11) is 0. The Morgan fingerprint density at radius 1 is 1.00 bits per heavy atom. The molecule has 0 aromatic carbocycles. The highest BCUT2D eigenvalue weighted by Crippen LogP contribution is 2.75. The summed E-state index contributed by atoms with van der Waals surface area (Å²) < 4.78 is 0. The minimum absolute atomic E-state index is 0.00406. The fourth-order valence-corrected chi connectivity index (χ4v) is 10.7. The Morgan fingerprint density at radius 3 is 2.35 bits per heavy atom. The third-order valence-corrected chi connectivity index (χ3v) is 13.3. The number of rotatable bonds is 2. The fourth-order valence-electron chi connectivity index (χ4n) is 10.7. The van der Waals surface area contributed by atoms with Gasteiger partial charge in [0.05, 0.1) is 17.4 Å². The molecule has 0 heterocycles. The summed E-state index contributed by atoms with van der Waals surface area (Å²) in [5, 5.41) is 20.9. The average molecular weight is 471 g/mol. The van der Waals surface area contributed by atoms with E-state index in [4.69, 9.17) is 0 Å². The van der Waals surface area contributed by atoms with Crippen LogP contribution in [0.1, 0.15) is 99.3 Å². The molecule has 0 aliphatic heterocycles. The van der Waals surface area contributed by atoms with Crippen LogP contribution < -0.4 is 0 Å². The molecule has 190 valence electrons. The van der Waals surface area contributed by atoms with Crippen LogP contribution in [0.25, 0.3) is 0 Å². The summed E-state index contributed by atoms with van der Waals surface area (Å²) in [5.74, 6) is 1.41. The highest BCUT2D eigenvalue weighted by Gasteiger charge is 2.69. The third kappa shape index (κ3) is 2.70. The molecule has 0 amide bonds. The number of carbonyl (C=O) groups excluding carboxylic acids is 1. The van der Waals surface area contributed by atoms with Crippen LogP contribution >= 0.6 is 0 Å². The minimum atomic E-state index is -0.627. The first kappa shape index (κ1) is 24.5. The first-order chi connectivity index (χ1) is 15.8. The van der Waals surface area contributed by atoms with Crippen molar-refractivity contribution >= 4 is 11.8 Å². The number of aliphatic hydroxyl groups excluding tert-OH is 1. The van der Waals surface area contributed by atoms with Gasteiger partial charge >= 0.3 is 5.97 Å². The Kier molecular flexibility index (Phi) is 5.36. The predicted molar refractivity (Wildman–Crippen MR) is 133 cm³/mol. The van der Waals surface area contributed by atoms with Crippen molar-refractivity contribution < 1.29 is 19.8 Å². The number of Topliss-reactive ketones (excluding diaryl/α,β-unsaturated/α-hetero) is 1. The maximum absolute atomic E-state index is 13.0. The smallest absolute Gasteiger partial charge is 0.310 e. The molecule has 34 heavy (non-hydrogen) atoms.